The van der Waals surface area contributed by atoms with E-state index in [2.05, 4.69) is 13.2 Å². The van der Waals surface area contributed by atoms with Gasteiger partial charge >= 0.3 is 0 Å². The highest BCUT2D eigenvalue weighted by molar-refractivity contribution is 7.81. The third-order valence-electron chi connectivity index (χ3n) is 3.57. The molecule has 0 radical (unpaired) electrons. The topological polar surface area (TPSA) is 60.4 Å². The molecule has 1 rings (SSSR count). The van der Waals surface area contributed by atoms with E-state index in [0.717, 1.165) is 0 Å². The number of carbonyl (C=O) groups is 1. The van der Waals surface area contributed by atoms with Crippen LogP contribution in [0.25, 0.3) is 0 Å². The number of amides is 1. The fourth-order valence-electron chi connectivity index (χ4n) is 2.39. The number of hydrogen-bond acceptors (Lipinski definition) is 3. The van der Waals surface area contributed by atoms with Gasteiger partial charge in [0.25, 0.3) is 0 Å². The monoisotopic (exact) mass is 294 g/mol. The number of hydrogen-bond donors (Lipinski definition) is 0. The van der Waals surface area contributed by atoms with Gasteiger partial charge in [-0.3, -0.25) is 9.00 Å². The van der Waals surface area contributed by atoms with E-state index >= 15 is 0 Å². The normalized spacial score (nSPS) is 20.7. The molecule has 0 bridgehead atoms. The summed E-state index contributed by atoms with van der Waals surface area (Å²) in [6.45, 7) is 9.62. The predicted octanol–water partition coefficient (Wildman–Crippen LogP) is 2.10. The van der Waals surface area contributed by atoms with Crippen molar-refractivity contribution in [2.45, 2.75) is 24.5 Å². The highest BCUT2D eigenvalue weighted by Gasteiger charge is 2.38. The van der Waals surface area contributed by atoms with Gasteiger partial charge in [0.05, 0.1) is 4.75 Å². The second kappa shape index (κ2) is 7.36. The molecular weight excluding hydrogens is 274 g/mol. The van der Waals surface area contributed by atoms with Gasteiger partial charge < -0.3 is 9.45 Å². The molecule has 0 saturated carbocycles. The molecule has 1 saturated heterocycles. The molecule has 1 amide bonds. The summed E-state index contributed by atoms with van der Waals surface area (Å²) in [5.74, 6) is -0.0221. The molecule has 0 aromatic rings. The van der Waals surface area contributed by atoms with Gasteiger partial charge in [-0.05, 0) is 29.5 Å². The van der Waals surface area contributed by atoms with E-state index in [1.807, 2.05) is 0 Å². The fraction of sp³-hybridized carbons (Fsp3) is 0.400. The van der Waals surface area contributed by atoms with Gasteiger partial charge in [0, 0.05) is 20.0 Å². The second-order valence-electron chi connectivity index (χ2n) is 4.69. The minimum absolute atomic E-state index is 0.0221. The summed E-state index contributed by atoms with van der Waals surface area (Å²) in [6.07, 6.45) is 9.12. The lowest BCUT2D eigenvalue weighted by molar-refractivity contribution is -0.129. The Hall–Kier alpha value is -1.46. The minimum Gasteiger partial charge on any atom is -0.772 e. The van der Waals surface area contributed by atoms with Crippen LogP contribution in [0.1, 0.15) is 19.8 Å². The Balaban J connectivity index is 3.10. The number of rotatable bonds is 5. The van der Waals surface area contributed by atoms with Crippen LogP contribution in [0, 0.1) is 0 Å². The summed E-state index contributed by atoms with van der Waals surface area (Å²) in [4.78, 5) is 13.0. The Morgan fingerprint density at radius 3 is 2.30 bits per heavy atom. The Kier molecular flexibility index (Phi) is 6.10. The number of nitrogens with zero attached hydrogens (tertiary/aromatic N) is 1. The van der Waals surface area contributed by atoms with Gasteiger partial charge in [-0.1, -0.05) is 43.5 Å². The van der Waals surface area contributed by atoms with Gasteiger partial charge in [0.2, 0.25) is 5.91 Å². The van der Waals surface area contributed by atoms with Gasteiger partial charge in [0.1, 0.15) is 0 Å². The maximum absolute atomic E-state index is 11.8. The molecule has 1 aliphatic heterocycles. The molecule has 0 aromatic carbocycles. The zero-order valence-corrected chi connectivity index (χ0v) is 12.5. The first-order valence-corrected chi connectivity index (χ1v) is 7.52. The number of carbonyl (C=O) groups excluding carboxylic acids is 1. The van der Waals surface area contributed by atoms with Gasteiger partial charge in [-0.2, -0.15) is 0 Å². The first-order valence-electron chi connectivity index (χ1n) is 6.45. The quantitative estimate of drug-likeness (QED) is 0.576. The molecule has 0 N–H and O–H groups in total. The van der Waals surface area contributed by atoms with Crippen LogP contribution >= 0.6 is 0 Å². The van der Waals surface area contributed by atoms with E-state index in [1.165, 1.54) is 6.92 Å². The molecular formula is C15H20NO3S-. The van der Waals surface area contributed by atoms with Crippen molar-refractivity contribution >= 4 is 17.0 Å². The van der Waals surface area contributed by atoms with Crippen LogP contribution in [0.3, 0.4) is 0 Å². The largest absolute Gasteiger partial charge is 0.772 e. The third kappa shape index (κ3) is 3.55. The lowest BCUT2D eigenvalue weighted by Crippen LogP contribution is -2.49. The summed E-state index contributed by atoms with van der Waals surface area (Å²) in [5.41, 5.74) is 0.684. The van der Waals surface area contributed by atoms with Crippen molar-refractivity contribution in [2.75, 3.05) is 13.1 Å². The van der Waals surface area contributed by atoms with Crippen LogP contribution in [0.15, 0.2) is 49.1 Å². The first kappa shape index (κ1) is 16.6. The smallest absolute Gasteiger partial charge is 0.219 e. The number of allylic oxidation sites excluding steroid dienone is 5. The minimum atomic E-state index is -2.26. The van der Waals surface area contributed by atoms with Crippen molar-refractivity contribution in [3.63, 3.8) is 0 Å². The van der Waals surface area contributed by atoms with E-state index < -0.39 is 15.8 Å². The molecule has 1 aliphatic rings. The number of piperidine rings is 1. The average Bonchev–Trinajstić information content (AvgIpc) is 2.43. The standard InChI is InChI=1S/C15H21NO3S/c1-4-6-8-14(7-5-2)15(20(18)19)9-11-16(12-10-15)13(3)17/h4-8H,1-2,9-12H2,3H3,(H,18,19)/p-1/b8-6-,14-7+. The van der Waals surface area contributed by atoms with Crippen LogP contribution in [0.4, 0.5) is 0 Å². The SMILES string of the molecule is C=C/C=C\C(=C/C=C)C1(S(=O)[O-])CCN(C(C)=O)CC1. The molecule has 1 fully saturated rings. The van der Waals surface area contributed by atoms with E-state index in [9.17, 15) is 13.6 Å². The Labute approximate surface area is 122 Å². The summed E-state index contributed by atoms with van der Waals surface area (Å²) in [5, 5.41) is 0. The molecule has 0 aromatic heterocycles. The van der Waals surface area contributed by atoms with Crippen molar-refractivity contribution in [3.05, 3.63) is 49.1 Å². The fourth-order valence-corrected chi connectivity index (χ4v) is 3.24. The summed E-state index contributed by atoms with van der Waals surface area (Å²) >= 11 is -2.26. The molecule has 110 valence electrons. The summed E-state index contributed by atoms with van der Waals surface area (Å²) < 4.78 is 22.6. The molecule has 1 atom stereocenters. The summed E-state index contributed by atoms with van der Waals surface area (Å²) in [7, 11) is 0. The van der Waals surface area contributed by atoms with E-state index in [1.54, 1.807) is 35.3 Å². The lowest BCUT2D eigenvalue weighted by atomic mass is 9.87. The molecule has 5 heteroatoms. The molecule has 1 heterocycles. The van der Waals surface area contributed by atoms with Crippen LogP contribution in [-0.4, -0.2) is 37.4 Å². The van der Waals surface area contributed by atoms with Gasteiger partial charge in [0.15, 0.2) is 0 Å². The highest BCUT2D eigenvalue weighted by atomic mass is 32.2. The van der Waals surface area contributed by atoms with Gasteiger partial charge in [-0.15, -0.1) is 0 Å². The van der Waals surface area contributed by atoms with Gasteiger partial charge in [-0.25, -0.2) is 0 Å². The van der Waals surface area contributed by atoms with Crippen molar-refractivity contribution in [3.8, 4) is 0 Å². The average molecular weight is 294 g/mol. The lowest BCUT2D eigenvalue weighted by Gasteiger charge is -2.43. The Morgan fingerprint density at radius 2 is 1.90 bits per heavy atom. The molecule has 0 spiro atoms. The zero-order chi connectivity index (χ0) is 15.2. The number of likely N-dealkylation sites (tertiary alicyclic amines) is 1. The first-order chi connectivity index (χ1) is 9.47. The second-order valence-corrected chi connectivity index (χ2v) is 5.94. The molecule has 1 unspecified atom stereocenters. The predicted molar refractivity (Wildman–Crippen MR) is 80.8 cm³/mol. The van der Waals surface area contributed by atoms with Crippen LogP contribution < -0.4 is 0 Å². The van der Waals surface area contributed by atoms with Crippen molar-refractivity contribution < 1.29 is 13.6 Å². The van der Waals surface area contributed by atoms with E-state index in [0.29, 0.717) is 31.5 Å². The third-order valence-corrected chi connectivity index (χ3v) is 4.85. The maximum Gasteiger partial charge on any atom is 0.219 e. The van der Waals surface area contributed by atoms with Crippen molar-refractivity contribution in [1.29, 1.82) is 0 Å². The Bertz CT molecular complexity index is 472. The van der Waals surface area contributed by atoms with Crippen LogP contribution in [-0.2, 0) is 15.9 Å². The maximum atomic E-state index is 11.8. The molecule has 20 heavy (non-hydrogen) atoms. The van der Waals surface area contributed by atoms with Crippen molar-refractivity contribution in [2.24, 2.45) is 0 Å². The van der Waals surface area contributed by atoms with Crippen molar-refractivity contribution in [1.82, 2.24) is 4.90 Å². The summed E-state index contributed by atoms with van der Waals surface area (Å²) in [6, 6.07) is 0. The van der Waals surface area contributed by atoms with Crippen LogP contribution in [0.2, 0.25) is 0 Å². The molecule has 0 aliphatic carbocycles. The highest BCUT2D eigenvalue weighted by Crippen LogP contribution is 2.36. The Morgan fingerprint density at radius 1 is 1.30 bits per heavy atom. The molecule has 4 nitrogen and oxygen atoms in total. The van der Waals surface area contributed by atoms with Crippen LogP contribution in [0.5, 0.6) is 0 Å². The van der Waals surface area contributed by atoms with E-state index in [-0.39, 0.29) is 5.91 Å². The van der Waals surface area contributed by atoms with E-state index in [4.69, 9.17) is 0 Å². The zero-order valence-electron chi connectivity index (χ0n) is 11.7.